The van der Waals surface area contributed by atoms with E-state index >= 15 is 0 Å². The number of halogens is 4. The van der Waals surface area contributed by atoms with Gasteiger partial charge in [0, 0.05) is 25.8 Å². The lowest BCUT2D eigenvalue weighted by molar-refractivity contribution is -0.137. The van der Waals surface area contributed by atoms with E-state index in [9.17, 15) is 13.2 Å². The number of anilines is 2. The number of benzene rings is 1. The van der Waals surface area contributed by atoms with Gasteiger partial charge in [0.2, 0.25) is 0 Å². The standard InChI is InChI=1S/C18H19ClF3N3O/c1-26-16-5-3-2-4-15(16)25-7-6-12(11-25)9-23-17-14(19)8-13(10-24-17)18(20,21)22/h2-5,8,10,12H,6-7,9,11H2,1H3,(H,23,24)/t12-/m0/s1. The number of nitrogens with zero attached hydrogens (tertiary/aromatic N) is 2. The van der Waals surface area contributed by atoms with Gasteiger partial charge in [-0.3, -0.25) is 0 Å². The van der Waals surface area contributed by atoms with Crippen LogP contribution in [0.1, 0.15) is 12.0 Å². The minimum absolute atomic E-state index is 0.0283. The first-order valence-electron chi connectivity index (χ1n) is 8.23. The molecule has 1 saturated heterocycles. The Labute approximate surface area is 154 Å². The van der Waals surface area contributed by atoms with Gasteiger partial charge >= 0.3 is 6.18 Å². The highest BCUT2D eigenvalue weighted by Crippen LogP contribution is 2.34. The second-order valence-electron chi connectivity index (χ2n) is 6.21. The maximum atomic E-state index is 12.7. The molecule has 0 aliphatic carbocycles. The van der Waals surface area contributed by atoms with Gasteiger partial charge in [0.1, 0.15) is 11.6 Å². The molecule has 1 aromatic heterocycles. The summed E-state index contributed by atoms with van der Waals surface area (Å²) in [7, 11) is 1.65. The largest absolute Gasteiger partial charge is 0.495 e. The number of para-hydroxylation sites is 2. The molecule has 26 heavy (non-hydrogen) atoms. The highest BCUT2D eigenvalue weighted by Gasteiger charge is 2.31. The average molecular weight is 386 g/mol. The highest BCUT2D eigenvalue weighted by atomic mass is 35.5. The van der Waals surface area contributed by atoms with Gasteiger partial charge in [0.25, 0.3) is 0 Å². The van der Waals surface area contributed by atoms with Crippen molar-refractivity contribution in [2.24, 2.45) is 5.92 Å². The zero-order chi connectivity index (χ0) is 18.7. The van der Waals surface area contributed by atoms with Gasteiger partial charge in [0.15, 0.2) is 0 Å². The molecule has 2 heterocycles. The first kappa shape index (κ1) is 18.6. The van der Waals surface area contributed by atoms with Crippen LogP contribution in [-0.2, 0) is 6.18 Å². The van der Waals surface area contributed by atoms with Crippen molar-refractivity contribution in [1.29, 1.82) is 0 Å². The quantitative estimate of drug-likeness (QED) is 0.809. The molecule has 8 heteroatoms. The van der Waals surface area contributed by atoms with E-state index in [1.54, 1.807) is 7.11 Å². The topological polar surface area (TPSA) is 37.4 Å². The number of hydrogen-bond donors (Lipinski definition) is 1. The molecule has 0 saturated carbocycles. The number of nitrogens with one attached hydrogen (secondary N) is 1. The first-order valence-corrected chi connectivity index (χ1v) is 8.61. The SMILES string of the molecule is COc1ccccc1N1CC[C@@H](CNc2ncc(C(F)(F)F)cc2Cl)C1. The van der Waals surface area contributed by atoms with E-state index < -0.39 is 11.7 Å². The van der Waals surface area contributed by atoms with E-state index in [1.165, 1.54) is 0 Å². The maximum Gasteiger partial charge on any atom is 0.417 e. The van der Waals surface area contributed by atoms with Crippen molar-refractivity contribution in [2.75, 3.05) is 37.0 Å². The molecular formula is C18H19ClF3N3O. The molecule has 140 valence electrons. The summed E-state index contributed by atoms with van der Waals surface area (Å²) in [5.74, 6) is 1.43. The van der Waals surface area contributed by atoms with Gasteiger partial charge in [-0.2, -0.15) is 13.2 Å². The summed E-state index contributed by atoms with van der Waals surface area (Å²) in [5.41, 5.74) is 0.194. The third-order valence-corrected chi connectivity index (χ3v) is 4.73. The lowest BCUT2D eigenvalue weighted by Crippen LogP contribution is -2.23. The van der Waals surface area contributed by atoms with Crippen LogP contribution in [0, 0.1) is 5.92 Å². The molecule has 0 amide bonds. The molecule has 1 aliphatic heterocycles. The predicted octanol–water partition coefficient (Wildman–Crippen LogP) is 4.70. The number of ether oxygens (including phenoxy) is 1. The molecule has 0 bridgehead atoms. The zero-order valence-electron chi connectivity index (χ0n) is 14.2. The van der Waals surface area contributed by atoms with Crippen molar-refractivity contribution < 1.29 is 17.9 Å². The molecule has 1 aliphatic rings. The maximum absolute atomic E-state index is 12.7. The molecule has 0 spiro atoms. The van der Waals surface area contributed by atoms with E-state index in [0.29, 0.717) is 12.5 Å². The lowest BCUT2D eigenvalue weighted by Gasteiger charge is -2.21. The van der Waals surface area contributed by atoms with Crippen LogP contribution in [0.2, 0.25) is 5.02 Å². The van der Waals surface area contributed by atoms with Crippen LogP contribution in [0.5, 0.6) is 5.75 Å². The summed E-state index contributed by atoms with van der Waals surface area (Å²) in [4.78, 5) is 6.06. The van der Waals surface area contributed by atoms with Gasteiger partial charge in [-0.25, -0.2) is 4.98 Å². The van der Waals surface area contributed by atoms with Crippen molar-refractivity contribution in [1.82, 2.24) is 4.98 Å². The van der Waals surface area contributed by atoms with Gasteiger partial charge in [0.05, 0.1) is 23.4 Å². The summed E-state index contributed by atoms with van der Waals surface area (Å²) in [6.45, 7) is 2.30. The molecule has 0 radical (unpaired) electrons. The number of pyridine rings is 1. The minimum Gasteiger partial charge on any atom is -0.495 e. The predicted molar refractivity (Wildman–Crippen MR) is 96.1 cm³/mol. The van der Waals surface area contributed by atoms with Crippen molar-refractivity contribution >= 4 is 23.1 Å². The third kappa shape index (κ3) is 4.15. The van der Waals surface area contributed by atoms with Crippen LogP contribution < -0.4 is 15.0 Å². The summed E-state index contributed by atoms with van der Waals surface area (Å²) in [6, 6.07) is 8.73. The second kappa shape index (κ2) is 7.61. The fraction of sp³-hybridized carbons (Fsp3) is 0.389. The van der Waals surface area contributed by atoms with Crippen molar-refractivity contribution in [3.63, 3.8) is 0 Å². The van der Waals surface area contributed by atoms with Gasteiger partial charge < -0.3 is 15.0 Å². The molecular weight excluding hydrogens is 367 g/mol. The fourth-order valence-electron chi connectivity index (χ4n) is 3.07. The van der Waals surface area contributed by atoms with Crippen LogP contribution in [-0.4, -0.2) is 31.7 Å². The van der Waals surface area contributed by atoms with Crippen LogP contribution in [0.15, 0.2) is 36.5 Å². The number of rotatable bonds is 5. The fourth-order valence-corrected chi connectivity index (χ4v) is 3.31. The molecule has 1 aromatic carbocycles. The van der Waals surface area contributed by atoms with Crippen LogP contribution in [0.4, 0.5) is 24.7 Å². The van der Waals surface area contributed by atoms with Gasteiger partial charge in [-0.1, -0.05) is 23.7 Å². The normalized spacial score (nSPS) is 17.4. The Morgan fingerprint density at radius 2 is 2.12 bits per heavy atom. The van der Waals surface area contributed by atoms with E-state index in [2.05, 4.69) is 15.2 Å². The van der Waals surface area contributed by atoms with Crippen molar-refractivity contribution in [2.45, 2.75) is 12.6 Å². The first-order chi connectivity index (χ1) is 12.4. The number of aromatic nitrogens is 1. The molecule has 2 aromatic rings. The lowest BCUT2D eigenvalue weighted by atomic mass is 10.1. The van der Waals surface area contributed by atoms with Crippen molar-refractivity contribution in [3.05, 3.63) is 47.1 Å². The van der Waals surface area contributed by atoms with E-state index in [0.717, 1.165) is 43.2 Å². The van der Waals surface area contributed by atoms with Crippen LogP contribution in [0.3, 0.4) is 0 Å². The Balaban J connectivity index is 1.60. The highest BCUT2D eigenvalue weighted by molar-refractivity contribution is 6.32. The summed E-state index contributed by atoms with van der Waals surface area (Å²) < 4.78 is 43.4. The third-order valence-electron chi connectivity index (χ3n) is 4.44. The Hall–Kier alpha value is -2.15. The Bertz CT molecular complexity index is 770. The Kier molecular flexibility index (Phi) is 5.46. The molecule has 3 rings (SSSR count). The monoisotopic (exact) mass is 385 g/mol. The van der Waals surface area contributed by atoms with Gasteiger partial charge in [-0.15, -0.1) is 0 Å². The number of methoxy groups -OCH3 is 1. The zero-order valence-corrected chi connectivity index (χ0v) is 14.9. The van der Waals surface area contributed by atoms with Gasteiger partial charge in [-0.05, 0) is 30.5 Å². The van der Waals surface area contributed by atoms with Crippen molar-refractivity contribution in [3.8, 4) is 5.75 Å². The smallest absolute Gasteiger partial charge is 0.417 e. The van der Waals surface area contributed by atoms with E-state index in [-0.39, 0.29) is 10.8 Å². The number of alkyl halides is 3. The Morgan fingerprint density at radius 3 is 2.81 bits per heavy atom. The molecule has 0 unspecified atom stereocenters. The molecule has 4 nitrogen and oxygen atoms in total. The second-order valence-corrected chi connectivity index (χ2v) is 6.61. The van der Waals surface area contributed by atoms with E-state index in [4.69, 9.17) is 16.3 Å². The average Bonchev–Trinajstić information content (AvgIpc) is 3.08. The van der Waals surface area contributed by atoms with Crippen LogP contribution >= 0.6 is 11.6 Å². The molecule has 1 N–H and O–H groups in total. The van der Waals surface area contributed by atoms with E-state index in [1.807, 2.05) is 24.3 Å². The summed E-state index contributed by atoms with van der Waals surface area (Å²) >= 11 is 5.93. The van der Waals surface area contributed by atoms with Crippen LogP contribution in [0.25, 0.3) is 0 Å². The Morgan fingerprint density at radius 1 is 1.35 bits per heavy atom. The summed E-state index contributed by atoms with van der Waals surface area (Å²) in [6.07, 6.45) is -2.69. The number of hydrogen-bond acceptors (Lipinski definition) is 4. The minimum atomic E-state index is -4.45. The molecule has 1 fully saturated rings. The summed E-state index contributed by atoms with van der Waals surface area (Å²) in [5, 5.41) is 3.04. The molecule has 1 atom stereocenters.